The van der Waals surface area contributed by atoms with Crippen molar-refractivity contribution in [3.05, 3.63) is 40.7 Å². The highest BCUT2D eigenvalue weighted by atomic mass is 35.5. The average molecular weight is 278 g/mol. The van der Waals surface area contributed by atoms with E-state index in [1.54, 1.807) is 13.0 Å². The second-order valence-corrected chi connectivity index (χ2v) is 3.83. The first-order valence-electron chi connectivity index (χ1n) is 4.97. The maximum Gasteiger partial charge on any atom is 0.419 e. The van der Waals surface area contributed by atoms with Crippen LogP contribution >= 0.6 is 11.6 Å². The van der Waals surface area contributed by atoms with Gasteiger partial charge in [-0.3, -0.25) is 0 Å². The van der Waals surface area contributed by atoms with Gasteiger partial charge in [-0.15, -0.1) is 0 Å². The molecule has 0 spiro atoms. The summed E-state index contributed by atoms with van der Waals surface area (Å²) >= 11 is 5.81. The lowest BCUT2D eigenvalue weighted by Crippen LogP contribution is -2.08. The van der Waals surface area contributed by atoms with Gasteiger partial charge in [0.15, 0.2) is 0 Å². The molecule has 0 aromatic heterocycles. The van der Waals surface area contributed by atoms with Crippen LogP contribution in [0.1, 0.15) is 24.5 Å². The fourth-order valence-corrected chi connectivity index (χ4v) is 1.63. The molecule has 96 valence electrons. The van der Waals surface area contributed by atoms with Crippen molar-refractivity contribution in [1.82, 2.24) is 0 Å². The number of benzene rings is 1. The molecule has 0 saturated carbocycles. The first-order valence-corrected chi connectivity index (χ1v) is 5.35. The SMILES string of the molecule is CCC(C#N)=C(Cl)c1ccc(F)c(C(F)(F)F)c1. The largest absolute Gasteiger partial charge is 0.419 e. The fraction of sp³-hybridized carbons (Fsp3) is 0.250. The first-order chi connectivity index (χ1) is 8.31. The summed E-state index contributed by atoms with van der Waals surface area (Å²) < 4.78 is 50.5. The summed E-state index contributed by atoms with van der Waals surface area (Å²) in [5, 5.41) is 8.66. The summed E-state index contributed by atoms with van der Waals surface area (Å²) in [5.74, 6) is -1.37. The Morgan fingerprint density at radius 2 is 2.00 bits per heavy atom. The molecule has 18 heavy (non-hydrogen) atoms. The van der Waals surface area contributed by atoms with E-state index in [1.807, 2.05) is 0 Å². The molecule has 0 amide bonds. The van der Waals surface area contributed by atoms with Crippen LogP contribution in [0.5, 0.6) is 0 Å². The number of alkyl halides is 3. The van der Waals surface area contributed by atoms with Gasteiger partial charge in [0, 0.05) is 5.57 Å². The van der Waals surface area contributed by atoms with Gasteiger partial charge in [-0.1, -0.05) is 24.6 Å². The Bertz CT molecular complexity index is 526. The van der Waals surface area contributed by atoms with Crippen molar-refractivity contribution >= 4 is 16.6 Å². The van der Waals surface area contributed by atoms with Crippen molar-refractivity contribution in [2.24, 2.45) is 0 Å². The Morgan fingerprint density at radius 3 is 2.44 bits per heavy atom. The van der Waals surface area contributed by atoms with Gasteiger partial charge >= 0.3 is 6.18 Å². The summed E-state index contributed by atoms with van der Waals surface area (Å²) in [7, 11) is 0. The molecule has 1 rings (SSSR count). The molecule has 1 aromatic rings. The molecular weight excluding hydrogens is 270 g/mol. The minimum atomic E-state index is -4.80. The summed E-state index contributed by atoms with van der Waals surface area (Å²) in [6, 6.07) is 4.19. The first kappa shape index (κ1) is 14.5. The van der Waals surface area contributed by atoms with Gasteiger partial charge in [-0.05, 0) is 24.1 Å². The van der Waals surface area contributed by atoms with E-state index in [9.17, 15) is 17.6 Å². The van der Waals surface area contributed by atoms with Crippen molar-refractivity contribution in [3.8, 4) is 6.07 Å². The predicted molar refractivity (Wildman–Crippen MR) is 60.1 cm³/mol. The number of nitriles is 1. The molecule has 0 aliphatic rings. The highest BCUT2D eigenvalue weighted by Gasteiger charge is 2.34. The number of nitrogens with zero attached hydrogens (tertiary/aromatic N) is 1. The van der Waals surface area contributed by atoms with E-state index >= 15 is 0 Å². The van der Waals surface area contributed by atoms with Crippen molar-refractivity contribution in [2.45, 2.75) is 19.5 Å². The highest BCUT2D eigenvalue weighted by Crippen LogP contribution is 2.34. The van der Waals surface area contributed by atoms with Crippen LogP contribution in [0.25, 0.3) is 5.03 Å². The summed E-state index contributed by atoms with van der Waals surface area (Å²) in [4.78, 5) is 0. The van der Waals surface area contributed by atoms with E-state index in [0.717, 1.165) is 6.07 Å². The predicted octanol–water partition coefficient (Wildman–Crippen LogP) is 4.73. The zero-order valence-electron chi connectivity index (χ0n) is 9.28. The van der Waals surface area contributed by atoms with Crippen molar-refractivity contribution < 1.29 is 17.6 Å². The third-order valence-electron chi connectivity index (χ3n) is 2.28. The molecule has 0 fully saturated rings. The number of rotatable bonds is 2. The molecule has 0 aliphatic carbocycles. The topological polar surface area (TPSA) is 23.8 Å². The van der Waals surface area contributed by atoms with Crippen LogP contribution < -0.4 is 0 Å². The van der Waals surface area contributed by atoms with E-state index in [-0.39, 0.29) is 22.6 Å². The van der Waals surface area contributed by atoms with Crippen LogP contribution in [0.4, 0.5) is 17.6 Å². The number of halogens is 5. The molecule has 0 atom stereocenters. The van der Waals surface area contributed by atoms with Gasteiger partial charge in [-0.2, -0.15) is 18.4 Å². The summed E-state index contributed by atoms with van der Waals surface area (Å²) in [6.07, 6.45) is -4.51. The lowest BCUT2D eigenvalue weighted by molar-refractivity contribution is -0.140. The van der Waals surface area contributed by atoms with Crippen LogP contribution in [0.15, 0.2) is 23.8 Å². The molecule has 0 bridgehead atoms. The van der Waals surface area contributed by atoms with Gasteiger partial charge in [0.05, 0.1) is 16.7 Å². The Hall–Kier alpha value is -1.54. The number of hydrogen-bond donors (Lipinski definition) is 0. The van der Waals surface area contributed by atoms with Crippen LogP contribution in [-0.2, 0) is 6.18 Å². The van der Waals surface area contributed by atoms with Gasteiger partial charge in [-0.25, -0.2) is 4.39 Å². The Morgan fingerprint density at radius 1 is 1.39 bits per heavy atom. The molecule has 0 heterocycles. The Labute approximate surface area is 106 Å². The van der Waals surface area contributed by atoms with E-state index in [1.165, 1.54) is 0 Å². The molecule has 0 unspecified atom stereocenters. The van der Waals surface area contributed by atoms with Gasteiger partial charge in [0.25, 0.3) is 0 Å². The normalized spacial score (nSPS) is 12.9. The molecule has 6 heteroatoms. The molecule has 0 N–H and O–H groups in total. The van der Waals surface area contributed by atoms with E-state index < -0.39 is 17.6 Å². The third kappa shape index (κ3) is 3.02. The van der Waals surface area contributed by atoms with E-state index in [4.69, 9.17) is 16.9 Å². The van der Waals surface area contributed by atoms with Crippen LogP contribution in [-0.4, -0.2) is 0 Å². The van der Waals surface area contributed by atoms with Crippen molar-refractivity contribution in [3.63, 3.8) is 0 Å². The molecule has 0 radical (unpaired) electrons. The quantitative estimate of drug-likeness (QED) is 0.566. The lowest BCUT2D eigenvalue weighted by Gasteiger charge is -2.10. The van der Waals surface area contributed by atoms with Crippen molar-refractivity contribution in [1.29, 1.82) is 5.26 Å². The molecule has 0 saturated heterocycles. The Kier molecular flexibility index (Phi) is 4.36. The minimum Gasteiger partial charge on any atom is -0.206 e. The summed E-state index contributed by atoms with van der Waals surface area (Å²) in [5.41, 5.74) is -1.27. The minimum absolute atomic E-state index is 0.0243. The van der Waals surface area contributed by atoms with Gasteiger partial charge in [0.2, 0.25) is 0 Å². The second kappa shape index (κ2) is 5.40. The van der Waals surface area contributed by atoms with E-state index in [2.05, 4.69) is 0 Å². The molecule has 0 aliphatic heterocycles. The maximum absolute atomic E-state index is 13.0. The van der Waals surface area contributed by atoms with Crippen LogP contribution in [0.3, 0.4) is 0 Å². The molecular formula is C12H8ClF4N. The van der Waals surface area contributed by atoms with Gasteiger partial charge in [0.1, 0.15) is 5.82 Å². The Balaban J connectivity index is 3.39. The standard InChI is InChI=1S/C12H8ClF4N/c1-2-7(6-18)11(13)8-3-4-10(14)9(5-8)12(15,16)17/h3-5H,2H2,1H3. The van der Waals surface area contributed by atoms with Gasteiger partial charge < -0.3 is 0 Å². The fourth-order valence-electron chi connectivity index (χ4n) is 1.34. The van der Waals surface area contributed by atoms with Crippen LogP contribution in [0, 0.1) is 17.1 Å². The molecule has 1 aromatic carbocycles. The second-order valence-electron chi connectivity index (χ2n) is 3.45. The number of hydrogen-bond acceptors (Lipinski definition) is 1. The molecule has 1 nitrogen and oxygen atoms in total. The average Bonchev–Trinajstić information content (AvgIpc) is 2.29. The third-order valence-corrected chi connectivity index (χ3v) is 2.73. The van der Waals surface area contributed by atoms with Crippen molar-refractivity contribution in [2.75, 3.05) is 0 Å². The van der Waals surface area contributed by atoms with E-state index in [0.29, 0.717) is 12.1 Å². The smallest absolute Gasteiger partial charge is 0.206 e. The maximum atomic E-state index is 13.0. The zero-order chi connectivity index (χ0) is 13.9. The zero-order valence-corrected chi connectivity index (χ0v) is 10.0. The lowest BCUT2D eigenvalue weighted by atomic mass is 10.1. The van der Waals surface area contributed by atoms with Crippen LogP contribution in [0.2, 0.25) is 0 Å². The number of allylic oxidation sites excluding steroid dienone is 1. The monoisotopic (exact) mass is 277 g/mol. The summed E-state index contributed by atoms with van der Waals surface area (Å²) in [6.45, 7) is 1.65. The highest BCUT2D eigenvalue weighted by molar-refractivity contribution is 6.49.